The molecule has 1 aromatic carbocycles. The van der Waals surface area contributed by atoms with Gasteiger partial charge in [0.15, 0.2) is 0 Å². The third kappa shape index (κ3) is 3.07. The molecule has 0 saturated heterocycles. The van der Waals surface area contributed by atoms with Crippen molar-refractivity contribution in [3.05, 3.63) is 47.8 Å². The van der Waals surface area contributed by atoms with Gasteiger partial charge in [0.25, 0.3) is 5.91 Å². The van der Waals surface area contributed by atoms with Crippen LogP contribution < -0.4 is 5.32 Å². The van der Waals surface area contributed by atoms with Gasteiger partial charge in [0.1, 0.15) is 5.82 Å². The summed E-state index contributed by atoms with van der Waals surface area (Å²) in [7, 11) is 1.95. The van der Waals surface area contributed by atoms with Crippen molar-refractivity contribution in [2.45, 2.75) is 64.5 Å². The number of halogens is 1. The van der Waals surface area contributed by atoms with Gasteiger partial charge < -0.3 is 10.2 Å². The van der Waals surface area contributed by atoms with Gasteiger partial charge in [-0.1, -0.05) is 26.0 Å². The van der Waals surface area contributed by atoms with E-state index in [2.05, 4.69) is 25.2 Å². The van der Waals surface area contributed by atoms with Gasteiger partial charge in [0.2, 0.25) is 5.91 Å². The van der Waals surface area contributed by atoms with E-state index in [9.17, 15) is 14.0 Å². The van der Waals surface area contributed by atoms with Crippen molar-refractivity contribution in [3.63, 3.8) is 0 Å². The number of likely N-dealkylation sites (N-methyl/N-ethyl adjacent to an activating group) is 1. The van der Waals surface area contributed by atoms with Crippen LogP contribution in [0.5, 0.6) is 0 Å². The highest BCUT2D eigenvalue weighted by Gasteiger charge is 2.60. The number of carbonyl (C=O) groups is 2. The quantitative estimate of drug-likeness (QED) is 0.756. The third-order valence-corrected chi connectivity index (χ3v) is 9.52. The second kappa shape index (κ2) is 7.18. The van der Waals surface area contributed by atoms with Crippen LogP contribution in [-0.2, 0) is 4.79 Å². The van der Waals surface area contributed by atoms with E-state index in [1.165, 1.54) is 12.1 Å². The first-order valence-electron chi connectivity index (χ1n) is 11.8. The maximum absolute atomic E-state index is 13.6. The second-order valence-electron chi connectivity index (χ2n) is 10.8. The van der Waals surface area contributed by atoms with Crippen LogP contribution in [0.4, 0.5) is 4.39 Å². The van der Waals surface area contributed by atoms with Crippen LogP contribution in [0.1, 0.15) is 62.7 Å². The molecule has 1 heterocycles. The van der Waals surface area contributed by atoms with Crippen molar-refractivity contribution in [3.8, 4) is 0 Å². The Morgan fingerprint density at radius 2 is 1.94 bits per heavy atom. The highest BCUT2D eigenvalue weighted by molar-refractivity contribution is 5.94. The topological polar surface area (TPSA) is 49.4 Å². The number of hydrogen-bond donors (Lipinski definition) is 1. The molecule has 0 spiro atoms. The molecular formula is C26H33FN2O2. The summed E-state index contributed by atoms with van der Waals surface area (Å²) in [6.07, 6.45) is 10.5. The number of nitrogens with one attached hydrogen (secondary N) is 1. The fourth-order valence-corrected chi connectivity index (χ4v) is 7.85. The van der Waals surface area contributed by atoms with Gasteiger partial charge in [-0.2, -0.15) is 0 Å². The van der Waals surface area contributed by atoms with E-state index >= 15 is 0 Å². The molecule has 0 aromatic heterocycles. The van der Waals surface area contributed by atoms with Gasteiger partial charge in [0, 0.05) is 30.1 Å². The number of nitrogens with zero attached hydrogens (tertiary/aromatic N) is 1. The van der Waals surface area contributed by atoms with Crippen molar-refractivity contribution in [1.29, 1.82) is 0 Å². The fourth-order valence-electron chi connectivity index (χ4n) is 7.85. The molecule has 2 unspecified atom stereocenters. The highest BCUT2D eigenvalue weighted by atomic mass is 19.1. The number of amides is 2. The molecule has 31 heavy (non-hydrogen) atoms. The minimum absolute atomic E-state index is 0.0375. The van der Waals surface area contributed by atoms with E-state index in [0.29, 0.717) is 29.4 Å². The molecule has 0 bridgehead atoms. The second-order valence-corrected chi connectivity index (χ2v) is 10.8. The van der Waals surface area contributed by atoms with E-state index in [1.54, 1.807) is 18.2 Å². The number of carbonyl (C=O) groups excluding carboxylic acids is 2. The van der Waals surface area contributed by atoms with Crippen molar-refractivity contribution >= 4 is 11.8 Å². The summed E-state index contributed by atoms with van der Waals surface area (Å²) in [6.45, 7) is 4.72. The molecular weight excluding hydrogens is 391 g/mol. The lowest BCUT2D eigenvalue weighted by molar-refractivity contribution is -0.138. The summed E-state index contributed by atoms with van der Waals surface area (Å²) < 4.78 is 13.6. The molecule has 5 rings (SSSR count). The monoisotopic (exact) mass is 424 g/mol. The molecule has 1 aliphatic heterocycles. The average molecular weight is 425 g/mol. The largest absolute Gasteiger partial charge is 0.349 e. The summed E-state index contributed by atoms with van der Waals surface area (Å²) in [5.41, 5.74) is 0.511. The maximum Gasteiger partial charge on any atom is 0.251 e. The normalized spacial score (nSPS) is 41.4. The van der Waals surface area contributed by atoms with Crippen molar-refractivity contribution in [1.82, 2.24) is 10.2 Å². The van der Waals surface area contributed by atoms with E-state index in [1.807, 2.05) is 11.9 Å². The van der Waals surface area contributed by atoms with E-state index in [0.717, 1.165) is 38.5 Å². The first kappa shape index (κ1) is 20.7. The summed E-state index contributed by atoms with van der Waals surface area (Å²) in [5, 5.41) is 3.26. The molecule has 1 N–H and O–H groups in total. The molecule has 1 aromatic rings. The van der Waals surface area contributed by atoms with E-state index < -0.39 is 0 Å². The average Bonchev–Trinajstić information content (AvgIpc) is 3.07. The molecule has 4 nitrogen and oxygen atoms in total. The Hall–Kier alpha value is -2.17. The molecule has 4 aliphatic rings. The first-order chi connectivity index (χ1) is 14.7. The zero-order valence-electron chi connectivity index (χ0n) is 18.7. The highest BCUT2D eigenvalue weighted by Crippen LogP contribution is 2.63. The predicted molar refractivity (Wildman–Crippen MR) is 118 cm³/mol. The van der Waals surface area contributed by atoms with Crippen molar-refractivity contribution in [2.24, 2.45) is 28.6 Å². The number of rotatable bonds is 2. The van der Waals surface area contributed by atoms with Crippen LogP contribution in [0.15, 0.2) is 36.4 Å². The minimum atomic E-state index is -0.377. The predicted octanol–water partition coefficient (Wildman–Crippen LogP) is 4.56. The lowest BCUT2D eigenvalue weighted by atomic mass is 9.48. The molecule has 2 amide bonds. The van der Waals surface area contributed by atoms with Gasteiger partial charge in [-0.15, -0.1) is 0 Å². The zero-order chi connectivity index (χ0) is 22.0. The Labute approximate surface area is 184 Å². The Bertz CT molecular complexity index is 945. The molecule has 3 saturated carbocycles. The lowest BCUT2D eigenvalue weighted by Crippen LogP contribution is -2.60. The smallest absolute Gasteiger partial charge is 0.251 e. The van der Waals surface area contributed by atoms with Crippen LogP contribution >= 0.6 is 0 Å². The summed E-state index contributed by atoms with van der Waals surface area (Å²) in [5.74, 6) is 1.37. The molecule has 166 valence electrons. The summed E-state index contributed by atoms with van der Waals surface area (Å²) >= 11 is 0. The zero-order valence-corrected chi connectivity index (χ0v) is 18.7. The summed E-state index contributed by atoms with van der Waals surface area (Å²) in [4.78, 5) is 27.0. The fraction of sp³-hybridized carbons (Fsp3) is 0.615. The van der Waals surface area contributed by atoms with Crippen LogP contribution in [0.2, 0.25) is 0 Å². The third-order valence-electron chi connectivity index (χ3n) is 9.52. The van der Waals surface area contributed by atoms with Gasteiger partial charge in [-0.3, -0.25) is 9.59 Å². The van der Waals surface area contributed by atoms with Crippen LogP contribution in [-0.4, -0.2) is 35.8 Å². The Kier molecular flexibility index (Phi) is 4.80. The van der Waals surface area contributed by atoms with Crippen LogP contribution in [0, 0.1) is 34.4 Å². The molecule has 3 aliphatic carbocycles. The Balaban J connectivity index is 1.37. The number of hydrogen-bond acceptors (Lipinski definition) is 2. The minimum Gasteiger partial charge on any atom is -0.349 e. The van der Waals surface area contributed by atoms with Gasteiger partial charge >= 0.3 is 0 Å². The van der Waals surface area contributed by atoms with Crippen molar-refractivity contribution in [2.75, 3.05) is 7.05 Å². The molecule has 3 fully saturated rings. The lowest BCUT2D eigenvalue weighted by Gasteiger charge is -2.60. The van der Waals surface area contributed by atoms with Gasteiger partial charge in [-0.25, -0.2) is 4.39 Å². The molecule has 0 radical (unpaired) electrons. The number of benzene rings is 1. The Morgan fingerprint density at radius 3 is 2.71 bits per heavy atom. The van der Waals surface area contributed by atoms with Crippen molar-refractivity contribution < 1.29 is 14.0 Å². The Morgan fingerprint density at radius 1 is 1.13 bits per heavy atom. The maximum atomic E-state index is 13.6. The van der Waals surface area contributed by atoms with E-state index in [4.69, 9.17) is 0 Å². The molecule has 5 heteroatoms. The summed E-state index contributed by atoms with van der Waals surface area (Å²) in [6, 6.07) is 6.38. The first-order valence-corrected chi connectivity index (χ1v) is 11.8. The van der Waals surface area contributed by atoms with Gasteiger partial charge in [0.05, 0.1) is 0 Å². The van der Waals surface area contributed by atoms with Crippen LogP contribution in [0.25, 0.3) is 0 Å². The molecule has 7 atom stereocenters. The number of fused-ring (bicyclic) bond motifs is 5. The van der Waals surface area contributed by atoms with Crippen LogP contribution in [0.3, 0.4) is 0 Å². The standard InChI is InChI=1S/C26H33FN2O2/c1-25-13-11-20-18(7-10-22-26(20,2)14-12-23(30)29(22)3)19(25)8-9-21(25)28-24(31)16-5-4-6-17(27)15-16/h4-6,12,14-15,18-22H,7-11,13H2,1-3H3,(H,28,31)/t18-,19-,20+,21?,22?,25-,26+/m0/s1. The van der Waals surface area contributed by atoms with E-state index in [-0.39, 0.29) is 34.5 Å². The van der Waals surface area contributed by atoms with Gasteiger partial charge in [-0.05, 0) is 86.0 Å². The SMILES string of the molecule is CN1C(=O)C=C[C@@]2(C)C1CC[C@@H]1[C@H]2CC[C@]2(C)C(NC(=O)c3cccc(F)c3)CC[C@@H]12.